The maximum absolute atomic E-state index is 12.5. The fourth-order valence-electron chi connectivity index (χ4n) is 3.61. The summed E-state index contributed by atoms with van der Waals surface area (Å²) in [6.45, 7) is 5.29. The number of benzene rings is 1. The van der Waals surface area contributed by atoms with Crippen LogP contribution in [0.3, 0.4) is 0 Å². The Labute approximate surface area is 137 Å². The molecule has 1 saturated heterocycles. The fraction of sp³-hybridized carbons (Fsp3) is 0.474. The number of fused-ring (bicyclic) bond motifs is 1. The van der Waals surface area contributed by atoms with Gasteiger partial charge in [-0.3, -0.25) is 19.4 Å². The molecule has 3 rings (SSSR count). The van der Waals surface area contributed by atoms with Gasteiger partial charge in [0.05, 0.1) is 18.5 Å². The van der Waals surface area contributed by atoms with E-state index in [1.54, 1.807) is 0 Å². The number of aryl methyl sites for hydroxylation is 2. The quantitative estimate of drug-likeness (QED) is 0.634. The molecule has 1 aliphatic heterocycles. The van der Waals surface area contributed by atoms with Gasteiger partial charge < -0.3 is 0 Å². The molecule has 122 valence electrons. The molecule has 0 spiro atoms. The monoisotopic (exact) mass is 312 g/mol. The van der Waals surface area contributed by atoms with Crippen molar-refractivity contribution in [2.45, 2.75) is 33.2 Å². The third kappa shape index (κ3) is 3.08. The van der Waals surface area contributed by atoms with Crippen LogP contribution in [0.25, 0.3) is 0 Å². The summed E-state index contributed by atoms with van der Waals surface area (Å²) in [5, 5.41) is 0. The van der Waals surface area contributed by atoms with Gasteiger partial charge in [-0.25, -0.2) is 0 Å². The SMILES string of the molecule is Cc1ccc(CN(C)CN2C(=O)[C@H]3CC=CC[C@@H]3C2=O)c(C)c1. The van der Waals surface area contributed by atoms with E-state index in [4.69, 9.17) is 0 Å². The van der Waals surface area contributed by atoms with Crippen molar-refractivity contribution < 1.29 is 9.59 Å². The van der Waals surface area contributed by atoms with Crippen molar-refractivity contribution in [1.29, 1.82) is 0 Å². The number of carbonyl (C=O) groups is 2. The zero-order valence-corrected chi connectivity index (χ0v) is 14.1. The summed E-state index contributed by atoms with van der Waals surface area (Å²) in [4.78, 5) is 28.5. The minimum absolute atomic E-state index is 0.00294. The zero-order valence-electron chi connectivity index (χ0n) is 14.1. The average molecular weight is 312 g/mol. The first-order valence-corrected chi connectivity index (χ1v) is 8.22. The van der Waals surface area contributed by atoms with Crippen molar-refractivity contribution >= 4 is 11.8 Å². The van der Waals surface area contributed by atoms with Crippen LogP contribution in [0.2, 0.25) is 0 Å². The Morgan fingerprint density at radius 1 is 1.09 bits per heavy atom. The van der Waals surface area contributed by atoms with Gasteiger partial charge in [-0.05, 0) is 44.9 Å². The highest BCUT2D eigenvalue weighted by Crippen LogP contribution is 2.35. The molecule has 2 amide bonds. The maximum Gasteiger partial charge on any atom is 0.234 e. The highest BCUT2D eigenvalue weighted by atomic mass is 16.2. The Hall–Kier alpha value is -1.94. The zero-order chi connectivity index (χ0) is 16.6. The van der Waals surface area contributed by atoms with Crippen LogP contribution < -0.4 is 0 Å². The second-order valence-electron chi connectivity index (χ2n) is 6.85. The van der Waals surface area contributed by atoms with Crippen LogP contribution in [0.1, 0.15) is 29.5 Å². The molecule has 0 aromatic heterocycles. The molecule has 0 radical (unpaired) electrons. The molecule has 4 heteroatoms. The predicted octanol–water partition coefficient (Wildman–Crippen LogP) is 2.64. The van der Waals surface area contributed by atoms with Gasteiger partial charge in [-0.2, -0.15) is 0 Å². The van der Waals surface area contributed by atoms with Crippen LogP contribution in [-0.2, 0) is 16.1 Å². The van der Waals surface area contributed by atoms with Gasteiger partial charge in [0.15, 0.2) is 0 Å². The molecule has 1 aliphatic carbocycles. The first kappa shape index (κ1) is 15.9. The third-order valence-electron chi connectivity index (χ3n) is 4.92. The summed E-state index contributed by atoms with van der Waals surface area (Å²) in [5.41, 5.74) is 3.72. The molecule has 0 bridgehead atoms. The van der Waals surface area contributed by atoms with Gasteiger partial charge >= 0.3 is 0 Å². The van der Waals surface area contributed by atoms with E-state index < -0.39 is 0 Å². The van der Waals surface area contributed by atoms with E-state index in [9.17, 15) is 9.59 Å². The number of rotatable bonds is 4. The van der Waals surface area contributed by atoms with E-state index in [-0.39, 0.29) is 23.7 Å². The second kappa shape index (κ2) is 6.28. The van der Waals surface area contributed by atoms with E-state index in [1.165, 1.54) is 21.6 Å². The number of likely N-dealkylation sites (tertiary alicyclic amines) is 1. The molecule has 1 aromatic rings. The Bertz CT molecular complexity index is 639. The van der Waals surface area contributed by atoms with Gasteiger partial charge in [-0.15, -0.1) is 0 Å². The first-order chi connectivity index (χ1) is 11.0. The summed E-state index contributed by atoms with van der Waals surface area (Å²) in [5.74, 6) is -0.280. The lowest BCUT2D eigenvalue weighted by Crippen LogP contribution is -2.40. The molecule has 2 aliphatic rings. The Morgan fingerprint density at radius 3 is 2.26 bits per heavy atom. The van der Waals surface area contributed by atoms with Crippen LogP contribution in [0.15, 0.2) is 30.4 Å². The highest BCUT2D eigenvalue weighted by Gasteiger charge is 2.47. The number of amides is 2. The molecule has 0 unspecified atom stereocenters. The van der Waals surface area contributed by atoms with Crippen molar-refractivity contribution in [2.24, 2.45) is 11.8 Å². The Morgan fingerprint density at radius 2 is 1.70 bits per heavy atom. The lowest BCUT2D eigenvalue weighted by atomic mass is 9.85. The Kier molecular flexibility index (Phi) is 4.35. The lowest BCUT2D eigenvalue weighted by Gasteiger charge is -2.24. The van der Waals surface area contributed by atoms with Crippen molar-refractivity contribution in [3.63, 3.8) is 0 Å². The molecule has 1 fully saturated rings. The number of carbonyl (C=O) groups excluding carboxylic acids is 2. The largest absolute Gasteiger partial charge is 0.284 e. The standard InChI is InChI=1S/C19H24N2O2/c1-13-8-9-15(14(2)10-13)11-20(3)12-21-18(22)16-6-4-5-7-17(16)19(21)23/h4-5,8-10,16-17H,6-7,11-12H2,1-3H3/t16-,17-/m0/s1. The van der Waals surface area contributed by atoms with Crippen LogP contribution in [0.5, 0.6) is 0 Å². The van der Waals surface area contributed by atoms with Crippen molar-refractivity contribution in [1.82, 2.24) is 9.80 Å². The highest BCUT2D eigenvalue weighted by molar-refractivity contribution is 6.05. The summed E-state index contributed by atoms with van der Waals surface area (Å²) in [6.07, 6.45) is 5.45. The summed E-state index contributed by atoms with van der Waals surface area (Å²) in [6, 6.07) is 6.39. The molecule has 1 aromatic carbocycles. The van der Waals surface area contributed by atoms with Crippen LogP contribution in [0.4, 0.5) is 0 Å². The van der Waals surface area contributed by atoms with E-state index in [0.717, 1.165) is 6.54 Å². The van der Waals surface area contributed by atoms with Crippen LogP contribution in [0, 0.1) is 25.7 Å². The summed E-state index contributed by atoms with van der Waals surface area (Å²) >= 11 is 0. The third-order valence-corrected chi connectivity index (χ3v) is 4.92. The Balaban J connectivity index is 1.67. The van der Waals surface area contributed by atoms with Gasteiger partial charge in [0.1, 0.15) is 0 Å². The lowest BCUT2D eigenvalue weighted by molar-refractivity contribution is -0.142. The van der Waals surface area contributed by atoms with Gasteiger partial charge in [0.2, 0.25) is 11.8 Å². The summed E-state index contributed by atoms with van der Waals surface area (Å²) in [7, 11) is 1.96. The smallest absolute Gasteiger partial charge is 0.234 e. The van der Waals surface area contributed by atoms with E-state index in [1.807, 2.05) is 24.1 Å². The molecule has 2 atom stereocenters. The number of hydrogen-bond acceptors (Lipinski definition) is 3. The molecule has 23 heavy (non-hydrogen) atoms. The average Bonchev–Trinajstić information content (AvgIpc) is 2.76. The van der Waals surface area contributed by atoms with Gasteiger partial charge in [0.25, 0.3) is 0 Å². The normalized spacial score (nSPS) is 23.7. The minimum atomic E-state index is -0.137. The minimum Gasteiger partial charge on any atom is -0.284 e. The molecular weight excluding hydrogens is 288 g/mol. The summed E-state index contributed by atoms with van der Waals surface area (Å²) < 4.78 is 0. The first-order valence-electron chi connectivity index (χ1n) is 8.22. The van der Waals surface area contributed by atoms with Gasteiger partial charge in [0, 0.05) is 6.54 Å². The molecule has 1 heterocycles. The number of nitrogens with zero attached hydrogens (tertiary/aromatic N) is 2. The van der Waals surface area contributed by atoms with E-state index >= 15 is 0 Å². The predicted molar refractivity (Wildman–Crippen MR) is 89.5 cm³/mol. The number of hydrogen-bond donors (Lipinski definition) is 0. The number of allylic oxidation sites excluding steroid dienone is 2. The topological polar surface area (TPSA) is 40.6 Å². The second-order valence-corrected chi connectivity index (χ2v) is 6.85. The van der Waals surface area contributed by atoms with Crippen molar-refractivity contribution in [2.75, 3.05) is 13.7 Å². The van der Waals surface area contributed by atoms with E-state index in [0.29, 0.717) is 19.5 Å². The number of imide groups is 1. The van der Waals surface area contributed by atoms with Gasteiger partial charge in [-0.1, -0.05) is 35.9 Å². The molecule has 0 saturated carbocycles. The molecule has 0 N–H and O–H groups in total. The molecular formula is C19H24N2O2. The fourth-order valence-corrected chi connectivity index (χ4v) is 3.61. The van der Waals surface area contributed by atoms with Crippen LogP contribution >= 0.6 is 0 Å². The maximum atomic E-state index is 12.5. The van der Waals surface area contributed by atoms with Crippen molar-refractivity contribution in [3.8, 4) is 0 Å². The van der Waals surface area contributed by atoms with Crippen LogP contribution in [-0.4, -0.2) is 35.3 Å². The molecule has 4 nitrogen and oxygen atoms in total. The van der Waals surface area contributed by atoms with Crippen molar-refractivity contribution in [3.05, 3.63) is 47.0 Å². The van der Waals surface area contributed by atoms with E-state index in [2.05, 4.69) is 32.0 Å².